The number of amides is 1. The molecule has 1 N–H and O–H groups in total. The average molecular weight is 402 g/mol. The molecular formula is C20H22N2O7. The van der Waals surface area contributed by atoms with Crippen LogP contribution in [-0.4, -0.2) is 36.6 Å². The molecule has 0 spiro atoms. The number of carbonyl (C=O) groups excluding carboxylic acids is 2. The van der Waals surface area contributed by atoms with Crippen LogP contribution in [0.25, 0.3) is 0 Å². The van der Waals surface area contributed by atoms with Gasteiger partial charge in [0.25, 0.3) is 11.6 Å². The molecule has 9 heteroatoms. The number of carbonyl (C=O) groups is 2. The van der Waals surface area contributed by atoms with E-state index in [4.69, 9.17) is 14.2 Å². The van der Waals surface area contributed by atoms with E-state index in [1.54, 1.807) is 19.9 Å². The van der Waals surface area contributed by atoms with Crippen LogP contribution in [0.3, 0.4) is 0 Å². The van der Waals surface area contributed by atoms with Crippen LogP contribution < -0.4 is 14.8 Å². The summed E-state index contributed by atoms with van der Waals surface area (Å²) in [7, 11) is 0. The number of hydrogen-bond donors (Lipinski definition) is 1. The van der Waals surface area contributed by atoms with E-state index in [1.165, 1.54) is 30.3 Å². The number of nitrogens with one attached hydrogen (secondary N) is 1. The molecule has 2 rings (SSSR count). The van der Waals surface area contributed by atoms with E-state index < -0.39 is 23.4 Å². The number of non-ortho nitro benzene ring substituents is 1. The molecule has 9 nitrogen and oxygen atoms in total. The molecule has 0 saturated carbocycles. The molecule has 0 atom stereocenters. The highest BCUT2D eigenvalue weighted by atomic mass is 16.6. The van der Waals surface area contributed by atoms with Crippen LogP contribution in [0.2, 0.25) is 0 Å². The van der Waals surface area contributed by atoms with Crippen molar-refractivity contribution >= 4 is 23.3 Å². The van der Waals surface area contributed by atoms with Gasteiger partial charge in [-0.1, -0.05) is 6.07 Å². The second-order valence-corrected chi connectivity index (χ2v) is 5.91. The summed E-state index contributed by atoms with van der Waals surface area (Å²) in [6.07, 6.45) is 0. The molecule has 0 aliphatic rings. The molecule has 29 heavy (non-hydrogen) atoms. The number of nitro benzene ring substituents is 1. The maximum Gasteiger partial charge on any atom is 0.338 e. The molecule has 0 heterocycles. The SMILES string of the molecule is CCOc1ccc(C(=O)OCC(=O)Nc2cc([N+](=O)[O-])ccc2C)cc1OCC. The van der Waals surface area contributed by atoms with Crippen molar-refractivity contribution in [3.05, 3.63) is 57.6 Å². The first kappa shape index (κ1) is 21.7. The van der Waals surface area contributed by atoms with E-state index in [0.717, 1.165) is 0 Å². The standard InChI is InChI=1S/C20H22N2O7/c1-4-27-17-9-7-14(10-18(17)28-5-2)20(24)29-12-19(23)21-16-11-15(22(25)26)8-6-13(16)3/h6-11H,4-5,12H2,1-3H3,(H,21,23). The van der Waals surface area contributed by atoms with Gasteiger partial charge in [-0.2, -0.15) is 0 Å². The summed E-state index contributed by atoms with van der Waals surface area (Å²) in [5.74, 6) is -0.414. The lowest BCUT2D eigenvalue weighted by atomic mass is 10.2. The van der Waals surface area contributed by atoms with E-state index in [0.29, 0.717) is 30.3 Å². The van der Waals surface area contributed by atoms with Crippen LogP contribution in [0.4, 0.5) is 11.4 Å². The minimum Gasteiger partial charge on any atom is -0.490 e. The van der Waals surface area contributed by atoms with Crippen LogP contribution in [0.5, 0.6) is 11.5 Å². The summed E-state index contributed by atoms with van der Waals surface area (Å²) in [6, 6.07) is 8.70. The monoisotopic (exact) mass is 402 g/mol. The number of esters is 1. The fourth-order valence-electron chi connectivity index (χ4n) is 2.44. The van der Waals surface area contributed by atoms with E-state index >= 15 is 0 Å². The Morgan fingerprint density at radius 2 is 1.72 bits per heavy atom. The zero-order valence-electron chi connectivity index (χ0n) is 16.4. The predicted octanol–water partition coefficient (Wildman–Crippen LogP) is 3.50. The van der Waals surface area contributed by atoms with Gasteiger partial charge in [0.15, 0.2) is 18.1 Å². The topological polar surface area (TPSA) is 117 Å². The summed E-state index contributed by atoms with van der Waals surface area (Å²) in [4.78, 5) is 34.6. The Balaban J connectivity index is 2.01. The lowest BCUT2D eigenvalue weighted by Gasteiger charge is -2.12. The van der Waals surface area contributed by atoms with Gasteiger partial charge < -0.3 is 19.5 Å². The highest BCUT2D eigenvalue weighted by Gasteiger charge is 2.16. The number of hydrogen-bond acceptors (Lipinski definition) is 7. The highest BCUT2D eigenvalue weighted by molar-refractivity contribution is 5.96. The number of rotatable bonds is 9. The number of benzene rings is 2. The normalized spacial score (nSPS) is 10.2. The van der Waals surface area contributed by atoms with Crippen molar-refractivity contribution in [3.8, 4) is 11.5 Å². The lowest BCUT2D eigenvalue weighted by molar-refractivity contribution is -0.384. The Labute approximate surface area is 167 Å². The van der Waals surface area contributed by atoms with Crippen LogP contribution in [-0.2, 0) is 9.53 Å². The highest BCUT2D eigenvalue weighted by Crippen LogP contribution is 2.29. The number of aryl methyl sites for hydroxylation is 1. The molecule has 0 saturated heterocycles. The maximum absolute atomic E-state index is 12.2. The molecule has 154 valence electrons. The summed E-state index contributed by atoms with van der Waals surface area (Å²) >= 11 is 0. The smallest absolute Gasteiger partial charge is 0.338 e. The van der Waals surface area contributed by atoms with E-state index in [2.05, 4.69) is 5.32 Å². The second kappa shape index (κ2) is 10.1. The van der Waals surface area contributed by atoms with E-state index in [9.17, 15) is 19.7 Å². The van der Waals surface area contributed by atoms with Crippen molar-refractivity contribution < 1.29 is 28.7 Å². The molecule has 0 aliphatic heterocycles. The summed E-state index contributed by atoms with van der Waals surface area (Å²) in [5.41, 5.74) is 0.972. The zero-order chi connectivity index (χ0) is 21.4. The van der Waals surface area contributed by atoms with Crippen LogP contribution in [0.1, 0.15) is 29.8 Å². The molecule has 0 bridgehead atoms. The Morgan fingerprint density at radius 3 is 2.38 bits per heavy atom. The van der Waals surface area contributed by atoms with Crippen molar-refractivity contribution in [2.45, 2.75) is 20.8 Å². The van der Waals surface area contributed by atoms with E-state index in [-0.39, 0.29) is 16.9 Å². The number of nitrogens with zero attached hydrogens (tertiary/aromatic N) is 1. The third-order valence-corrected chi connectivity index (χ3v) is 3.82. The molecule has 2 aromatic rings. The van der Waals surface area contributed by atoms with Crippen molar-refractivity contribution in [2.24, 2.45) is 0 Å². The molecule has 1 amide bonds. The van der Waals surface area contributed by atoms with Gasteiger partial charge in [0.1, 0.15) is 0 Å². The number of ether oxygens (including phenoxy) is 3. The molecule has 2 aromatic carbocycles. The fraction of sp³-hybridized carbons (Fsp3) is 0.300. The largest absolute Gasteiger partial charge is 0.490 e. The van der Waals surface area contributed by atoms with Gasteiger partial charge in [-0.3, -0.25) is 14.9 Å². The van der Waals surface area contributed by atoms with Crippen molar-refractivity contribution in [1.29, 1.82) is 0 Å². The summed E-state index contributed by atoms with van der Waals surface area (Å²) in [6.45, 7) is 5.63. The van der Waals surface area contributed by atoms with E-state index in [1.807, 2.05) is 6.92 Å². The number of anilines is 1. The van der Waals surface area contributed by atoms with Gasteiger partial charge in [0, 0.05) is 12.1 Å². The second-order valence-electron chi connectivity index (χ2n) is 5.91. The van der Waals surface area contributed by atoms with Gasteiger partial charge >= 0.3 is 5.97 Å². The van der Waals surface area contributed by atoms with Gasteiger partial charge in [-0.25, -0.2) is 4.79 Å². The minimum absolute atomic E-state index is 0.152. The molecule has 0 aromatic heterocycles. The number of nitro groups is 1. The first-order valence-corrected chi connectivity index (χ1v) is 8.97. The van der Waals surface area contributed by atoms with Crippen molar-refractivity contribution in [2.75, 3.05) is 25.1 Å². The molecule has 0 aliphatic carbocycles. The van der Waals surface area contributed by atoms with Crippen molar-refractivity contribution in [3.63, 3.8) is 0 Å². The molecule has 0 fully saturated rings. The zero-order valence-corrected chi connectivity index (χ0v) is 16.4. The summed E-state index contributed by atoms with van der Waals surface area (Å²) in [5, 5.41) is 13.4. The van der Waals surface area contributed by atoms with Gasteiger partial charge in [-0.05, 0) is 44.5 Å². The lowest BCUT2D eigenvalue weighted by Crippen LogP contribution is -2.21. The van der Waals surface area contributed by atoms with Crippen molar-refractivity contribution in [1.82, 2.24) is 0 Å². The maximum atomic E-state index is 12.2. The van der Waals surface area contributed by atoms with Crippen LogP contribution >= 0.6 is 0 Å². The van der Waals surface area contributed by atoms with Crippen LogP contribution in [0.15, 0.2) is 36.4 Å². The Kier molecular flexibility index (Phi) is 7.53. The Bertz CT molecular complexity index is 912. The quantitative estimate of drug-likeness (QED) is 0.387. The predicted molar refractivity (Wildman–Crippen MR) is 106 cm³/mol. The first-order chi connectivity index (χ1) is 13.8. The molecular weight excluding hydrogens is 380 g/mol. The van der Waals surface area contributed by atoms with Gasteiger partial charge in [0.05, 0.1) is 29.4 Å². The van der Waals surface area contributed by atoms with Gasteiger partial charge in [0.2, 0.25) is 0 Å². The first-order valence-electron chi connectivity index (χ1n) is 8.97. The third-order valence-electron chi connectivity index (χ3n) is 3.82. The average Bonchev–Trinajstić information content (AvgIpc) is 2.69. The fourth-order valence-corrected chi connectivity index (χ4v) is 2.44. The van der Waals surface area contributed by atoms with Crippen LogP contribution in [0, 0.1) is 17.0 Å². The Hall–Kier alpha value is -3.62. The molecule has 0 unspecified atom stereocenters. The molecule has 0 radical (unpaired) electrons. The minimum atomic E-state index is -0.708. The van der Waals surface area contributed by atoms with Gasteiger partial charge in [-0.15, -0.1) is 0 Å². The summed E-state index contributed by atoms with van der Waals surface area (Å²) < 4.78 is 15.9. The third kappa shape index (κ3) is 5.93. The Morgan fingerprint density at radius 1 is 1.03 bits per heavy atom.